The number of rotatable bonds is 4. The average Bonchev–Trinajstić information content (AvgIpc) is 2.92. The molecular weight excluding hydrogens is 358 g/mol. The van der Waals surface area contributed by atoms with Crippen molar-refractivity contribution in [2.24, 2.45) is 5.92 Å². The summed E-state index contributed by atoms with van der Waals surface area (Å²) in [7, 11) is 0. The van der Waals surface area contributed by atoms with E-state index in [4.69, 9.17) is 9.47 Å². The third-order valence-electron chi connectivity index (χ3n) is 5.54. The van der Waals surface area contributed by atoms with Crippen molar-refractivity contribution in [3.05, 3.63) is 42.1 Å². The van der Waals surface area contributed by atoms with Crippen LogP contribution in [0.25, 0.3) is 0 Å². The molecule has 0 spiro atoms. The summed E-state index contributed by atoms with van der Waals surface area (Å²) in [5.74, 6) is 2.42. The first-order chi connectivity index (χ1) is 13.4. The molecule has 2 aromatic rings. The second-order valence-electron chi connectivity index (χ2n) is 7.75. The summed E-state index contributed by atoms with van der Waals surface area (Å²) in [6.45, 7) is 6.60. The van der Waals surface area contributed by atoms with Gasteiger partial charge in [-0.15, -0.1) is 0 Å². The SMILES string of the molecule is CCC1(C)NC(=O)N(c2ccc(Oc3cccc4c3CC(C)CO4)nc2)C1O. The minimum Gasteiger partial charge on any atom is -0.493 e. The molecule has 0 radical (unpaired) electrons. The average molecular weight is 383 g/mol. The Labute approximate surface area is 164 Å². The first-order valence-corrected chi connectivity index (χ1v) is 9.59. The van der Waals surface area contributed by atoms with Crippen molar-refractivity contribution in [2.45, 2.75) is 45.4 Å². The number of ether oxygens (including phenoxy) is 2. The summed E-state index contributed by atoms with van der Waals surface area (Å²) in [6, 6.07) is 8.83. The van der Waals surface area contributed by atoms with E-state index in [9.17, 15) is 9.90 Å². The number of nitrogens with one attached hydrogen (secondary N) is 1. The molecule has 1 saturated heterocycles. The first kappa shape index (κ1) is 18.6. The van der Waals surface area contributed by atoms with E-state index in [0.717, 1.165) is 23.5 Å². The van der Waals surface area contributed by atoms with E-state index in [2.05, 4.69) is 17.2 Å². The number of aliphatic hydroxyl groups excluding tert-OH is 1. The van der Waals surface area contributed by atoms with Crippen LogP contribution in [-0.2, 0) is 6.42 Å². The van der Waals surface area contributed by atoms with Gasteiger partial charge in [0.25, 0.3) is 0 Å². The van der Waals surface area contributed by atoms with E-state index in [1.807, 2.05) is 32.0 Å². The third kappa shape index (κ3) is 3.16. The summed E-state index contributed by atoms with van der Waals surface area (Å²) in [5, 5.41) is 13.4. The Morgan fingerprint density at radius 3 is 2.89 bits per heavy atom. The number of carbonyl (C=O) groups excluding carboxylic acids is 1. The summed E-state index contributed by atoms with van der Waals surface area (Å²) in [4.78, 5) is 18.0. The van der Waals surface area contributed by atoms with Gasteiger partial charge in [0, 0.05) is 11.6 Å². The number of fused-ring (bicyclic) bond motifs is 1. The Morgan fingerprint density at radius 2 is 2.21 bits per heavy atom. The monoisotopic (exact) mass is 383 g/mol. The van der Waals surface area contributed by atoms with Crippen molar-refractivity contribution in [1.82, 2.24) is 10.3 Å². The molecule has 0 saturated carbocycles. The molecule has 28 heavy (non-hydrogen) atoms. The highest BCUT2D eigenvalue weighted by Gasteiger charge is 2.47. The number of hydrogen-bond donors (Lipinski definition) is 2. The standard InChI is InChI=1S/C21H25N3O4/c1-4-21(3)19(25)24(20(26)23-21)14-8-9-18(22-11-14)28-17-7-5-6-16-15(17)10-13(2)12-27-16/h5-9,11,13,19,25H,4,10,12H2,1-3H3,(H,23,26). The van der Waals surface area contributed by atoms with Gasteiger partial charge in [0.05, 0.1) is 24.0 Å². The smallest absolute Gasteiger partial charge is 0.324 e. The van der Waals surface area contributed by atoms with Gasteiger partial charge in [-0.3, -0.25) is 4.90 Å². The van der Waals surface area contributed by atoms with Crippen LogP contribution in [-0.4, -0.2) is 34.5 Å². The van der Waals surface area contributed by atoms with E-state index < -0.39 is 11.8 Å². The Balaban J connectivity index is 1.55. The largest absolute Gasteiger partial charge is 0.493 e. The van der Waals surface area contributed by atoms with E-state index in [1.165, 1.54) is 11.1 Å². The molecule has 7 heteroatoms. The van der Waals surface area contributed by atoms with E-state index >= 15 is 0 Å². The second kappa shape index (κ2) is 6.98. The fourth-order valence-electron chi connectivity index (χ4n) is 3.60. The van der Waals surface area contributed by atoms with Gasteiger partial charge in [-0.05, 0) is 43.9 Å². The minimum absolute atomic E-state index is 0.337. The van der Waals surface area contributed by atoms with Gasteiger partial charge in [0.15, 0.2) is 6.23 Å². The molecule has 4 rings (SSSR count). The molecule has 0 aliphatic carbocycles. The van der Waals surface area contributed by atoms with Crippen molar-refractivity contribution >= 4 is 11.7 Å². The van der Waals surface area contributed by atoms with Crippen molar-refractivity contribution in [2.75, 3.05) is 11.5 Å². The highest BCUT2D eigenvalue weighted by Crippen LogP contribution is 2.37. The molecule has 1 fully saturated rings. The normalized spacial score (nSPS) is 26.4. The minimum atomic E-state index is -0.960. The zero-order valence-electron chi connectivity index (χ0n) is 16.3. The lowest BCUT2D eigenvalue weighted by atomic mass is 9.98. The number of pyridine rings is 1. The molecule has 2 aliphatic rings. The molecular formula is C21H25N3O4. The Morgan fingerprint density at radius 1 is 1.39 bits per heavy atom. The summed E-state index contributed by atoms with van der Waals surface area (Å²) in [5.41, 5.74) is 0.869. The highest BCUT2D eigenvalue weighted by molar-refractivity contribution is 5.95. The lowest BCUT2D eigenvalue weighted by Gasteiger charge is -2.28. The molecule has 3 unspecified atom stereocenters. The topological polar surface area (TPSA) is 83.9 Å². The van der Waals surface area contributed by atoms with E-state index in [-0.39, 0.29) is 6.03 Å². The van der Waals surface area contributed by atoms with Crippen LogP contribution in [0.1, 0.15) is 32.8 Å². The van der Waals surface area contributed by atoms with Gasteiger partial charge in [0.1, 0.15) is 11.5 Å². The summed E-state index contributed by atoms with van der Waals surface area (Å²) < 4.78 is 11.8. The van der Waals surface area contributed by atoms with Gasteiger partial charge >= 0.3 is 6.03 Å². The van der Waals surface area contributed by atoms with Gasteiger partial charge in [0.2, 0.25) is 5.88 Å². The maximum absolute atomic E-state index is 12.3. The third-order valence-corrected chi connectivity index (χ3v) is 5.54. The number of benzene rings is 1. The number of aromatic nitrogens is 1. The molecule has 1 aromatic carbocycles. The molecule has 2 N–H and O–H groups in total. The highest BCUT2D eigenvalue weighted by atomic mass is 16.5. The fourth-order valence-corrected chi connectivity index (χ4v) is 3.60. The Bertz CT molecular complexity index is 886. The predicted octanol–water partition coefficient (Wildman–Crippen LogP) is 3.46. The molecule has 7 nitrogen and oxygen atoms in total. The molecule has 3 atom stereocenters. The number of amides is 2. The zero-order valence-corrected chi connectivity index (χ0v) is 16.3. The van der Waals surface area contributed by atoms with Crippen LogP contribution in [0.5, 0.6) is 17.4 Å². The zero-order chi connectivity index (χ0) is 19.9. The molecule has 1 aromatic heterocycles. The van der Waals surface area contributed by atoms with Crippen molar-refractivity contribution < 1.29 is 19.4 Å². The number of carbonyl (C=O) groups is 1. The number of nitrogens with zero attached hydrogens (tertiary/aromatic N) is 2. The predicted molar refractivity (Wildman–Crippen MR) is 105 cm³/mol. The van der Waals surface area contributed by atoms with Crippen LogP contribution < -0.4 is 19.7 Å². The quantitative estimate of drug-likeness (QED) is 0.845. The van der Waals surface area contributed by atoms with E-state index in [0.29, 0.717) is 30.5 Å². The molecule has 3 heterocycles. The number of aliphatic hydroxyl groups is 1. The van der Waals surface area contributed by atoms with Gasteiger partial charge in [-0.2, -0.15) is 0 Å². The maximum Gasteiger partial charge on any atom is 0.324 e. The molecule has 0 bridgehead atoms. The summed E-state index contributed by atoms with van der Waals surface area (Å²) in [6.07, 6.45) is 2.08. The number of anilines is 1. The second-order valence-corrected chi connectivity index (χ2v) is 7.75. The lowest BCUT2D eigenvalue weighted by molar-refractivity contribution is 0.107. The number of hydrogen-bond acceptors (Lipinski definition) is 5. The van der Waals surface area contributed by atoms with Crippen LogP contribution in [0.15, 0.2) is 36.5 Å². The van der Waals surface area contributed by atoms with Crippen LogP contribution in [0, 0.1) is 5.92 Å². The maximum atomic E-state index is 12.3. The van der Waals surface area contributed by atoms with Gasteiger partial charge < -0.3 is 19.9 Å². The van der Waals surface area contributed by atoms with Crippen molar-refractivity contribution in [3.63, 3.8) is 0 Å². The summed E-state index contributed by atoms with van der Waals surface area (Å²) >= 11 is 0. The Hall–Kier alpha value is -2.80. The van der Waals surface area contributed by atoms with Crippen molar-refractivity contribution in [1.29, 1.82) is 0 Å². The van der Waals surface area contributed by atoms with Crippen LogP contribution in [0.3, 0.4) is 0 Å². The van der Waals surface area contributed by atoms with E-state index in [1.54, 1.807) is 12.1 Å². The molecule has 2 amide bonds. The Kier molecular flexibility index (Phi) is 4.63. The molecule has 2 aliphatic heterocycles. The van der Waals surface area contributed by atoms with Crippen molar-refractivity contribution in [3.8, 4) is 17.4 Å². The molecule has 148 valence electrons. The lowest BCUT2D eigenvalue weighted by Crippen LogP contribution is -2.46. The van der Waals surface area contributed by atoms with Gasteiger partial charge in [-0.25, -0.2) is 9.78 Å². The van der Waals surface area contributed by atoms with Gasteiger partial charge in [-0.1, -0.05) is 19.9 Å². The first-order valence-electron chi connectivity index (χ1n) is 9.59. The van der Waals surface area contributed by atoms with Crippen LogP contribution >= 0.6 is 0 Å². The van der Waals surface area contributed by atoms with Crippen LogP contribution in [0.4, 0.5) is 10.5 Å². The van der Waals surface area contributed by atoms with Crippen LogP contribution in [0.2, 0.25) is 0 Å². The number of urea groups is 1. The fraction of sp³-hybridized carbons (Fsp3) is 0.429.